The number of aromatic nitrogens is 1. The number of rotatable bonds is 5. The zero-order chi connectivity index (χ0) is 18.7. The predicted molar refractivity (Wildman–Crippen MR) is 103 cm³/mol. The molecule has 26 heavy (non-hydrogen) atoms. The number of hydrogen-bond donors (Lipinski definition) is 1. The van der Waals surface area contributed by atoms with Crippen LogP contribution < -0.4 is 10.5 Å². The molecule has 4 nitrogen and oxygen atoms in total. The second-order valence-electron chi connectivity index (χ2n) is 6.36. The summed E-state index contributed by atoms with van der Waals surface area (Å²) in [7, 11) is 1.64. The molecule has 0 saturated carbocycles. The van der Waals surface area contributed by atoms with Crippen molar-refractivity contribution in [2.75, 3.05) is 7.11 Å². The summed E-state index contributed by atoms with van der Waals surface area (Å²) >= 11 is 0. The quantitative estimate of drug-likeness (QED) is 0.748. The standard InChI is InChI=1S/C22H22N2O2/c1-14-13-24-10-9-19(14)17-7-8-20(22(23)25)21(12-17)15(2)16-5-4-6-18(11-16)26-3/h4-13,15H,1-3H3,(H2,23,25)/t15-/m0/s1. The van der Waals surface area contributed by atoms with E-state index in [0.29, 0.717) is 5.56 Å². The first-order chi connectivity index (χ1) is 12.5. The van der Waals surface area contributed by atoms with Gasteiger partial charge in [-0.15, -0.1) is 0 Å². The van der Waals surface area contributed by atoms with E-state index >= 15 is 0 Å². The molecule has 1 heterocycles. The molecule has 1 atom stereocenters. The lowest BCUT2D eigenvalue weighted by molar-refractivity contribution is 0.0999. The van der Waals surface area contributed by atoms with Gasteiger partial charge in [-0.25, -0.2) is 0 Å². The summed E-state index contributed by atoms with van der Waals surface area (Å²) in [5.41, 5.74) is 11.4. The van der Waals surface area contributed by atoms with E-state index < -0.39 is 5.91 Å². The van der Waals surface area contributed by atoms with Crippen molar-refractivity contribution >= 4 is 5.91 Å². The number of carbonyl (C=O) groups is 1. The number of ether oxygens (including phenoxy) is 1. The van der Waals surface area contributed by atoms with Crippen molar-refractivity contribution in [3.8, 4) is 16.9 Å². The molecular weight excluding hydrogens is 324 g/mol. The summed E-state index contributed by atoms with van der Waals surface area (Å²) < 4.78 is 5.33. The third kappa shape index (κ3) is 3.45. The van der Waals surface area contributed by atoms with Gasteiger partial charge in [-0.05, 0) is 65.1 Å². The number of carbonyl (C=O) groups excluding carboxylic acids is 1. The molecule has 0 saturated heterocycles. The van der Waals surface area contributed by atoms with Crippen LogP contribution in [0.15, 0.2) is 60.9 Å². The normalized spacial score (nSPS) is 11.8. The monoisotopic (exact) mass is 346 g/mol. The van der Waals surface area contributed by atoms with Crippen molar-refractivity contribution < 1.29 is 9.53 Å². The van der Waals surface area contributed by atoms with Crippen LogP contribution in [0.5, 0.6) is 5.75 Å². The van der Waals surface area contributed by atoms with E-state index in [-0.39, 0.29) is 5.92 Å². The molecule has 4 heteroatoms. The van der Waals surface area contributed by atoms with Crippen LogP contribution in [0.2, 0.25) is 0 Å². The number of pyridine rings is 1. The highest BCUT2D eigenvalue weighted by Crippen LogP contribution is 2.33. The zero-order valence-corrected chi connectivity index (χ0v) is 15.2. The summed E-state index contributed by atoms with van der Waals surface area (Å²) in [6.45, 7) is 4.09. The largest absolute Gasteiger partial charge is 0.497 e. The Bertz CT molecular complexity index is 950. The Morgan fingerprint density at radius 3 is 2.65 bits per heavy atom. The molecule has 0 spiro atoms. The Morgan fingerprint density at radius 1 is 1.15 bits per heavy atom. The van der Waals surface area contributed by atoms with Crippen LogP contribution in [-0.2, 0) is 0 Å². The van der Waals surface area contributed by atoms with Crippen molar-refractivity contribution in [3.63, 3.8) is 0 Å². The average Bonchev–Trinajstić information content (AvgIpc) is 2.67. The second kappa shape index (κ2) is 7.40. The van der Waals surface area contributed by atoms with Crippen LogP contribution >= 0.6 is 0 Å². The van der Waals surface area contributed by atoms with Crippen LogP contribution in [-0.4, -0.2) is 18.0 Å². The van der Waals surface area contributed by atoms with E-state index in [1.165, 1.54) is 0 Å². The van der Waals surface area contributed by atoms with Crippen molar-refractivity contribution in [1.29, 1.82) is 0 Å². The molecule has 1 amide bonds. The molecule has 2 N–H and O–H groups in total. The molecule has 0 aliphatic carbocycles. The summed E-state index contributed by atoms with van der Waals surface area (Å²) in [4.78, 5) is 16.1. The fourth-order valence-electron chi connectivity index (χ4n) is 3.20. The van der Waals surface area contributed by atoms with E-state index in [2.05, 4.69) is 11.9 Å². The fraction of sp³-hybridized carbons (Fsp3) is 0.182. The van der Waals surface area contributed by atoms with Crippen LogP contribution in [0.1, 0.15) is 39.9 Å². The first-order valence-electron chi connectivity index (χ1n) is 8.50. The van der Waals surface area contributed by atoms with Gasteiger partial charge in [-0.1, -0.05) is 25.1 Å². The summed E-state index contributed by atoms with van der Waals surface area (Å²) in [6.07, 6.45) is 3.61. The van der Waals surface area contributed by atoms with Crippen LogP contribution in [0, 0.1) is 6.92 Å². The number of nitrogens with two attached hydrogens (primary N) is 1. The molecule has 0 fully saturated rings. The van der Waals surface area contributed by atoms with E-state index in [4.69, 9.17) is 10.5 Å². The molecular formula is C22H22N2O2. The number of benzene rings is 2. The Balaban J connectivity index is 2.13. The Hall–Kier alpha value is -3.14. The first kappa shape index (κ1) is 17.7. The van der Waals surface area contributed by atoms with Gasteiger partial charge in [0.15, 0.2) is 0 Å². The number of hydrogen-bond acceptors (Lipinski definition) is 3. The fourth-order valence-corrected chi connectivity index (χ4v) is 3.20. The van der Waals surface area contributed by atoms with Crippen LogP contribution in [0.3, 0.4) is 0 Å². The van der Waals surface area contributed by atoms with E-state index in [9.17, 15) is 4.79 Å². The zero-order valence-electron chi connectivity index (χ0n) is 15.2. The van der Waals surface area contributed by atoms with Gasteiger partial charge in [0, 0.05) is 23.9 Å². The van der Waals surface area contributed by atoms with Gasteiger partial charge in [0.1, 0.15) is 5.75 Å². The van der Waals surface area contributed by atoms with Crippen LogP contribution in [0.4, 0.5) is 0 Å². The minimum absolute atomic E-state index is 0.00491. The lowest BCUT2D eigenvalue weighted by atomic mass is 9.86. The van der Waals surface area contributed by atoms with Crippen molar-refractivity contribution in [1.82, 2.24) is 4.98 Å². The molecule has 2 aromatic carbocycles. The summed E-state index contributed by atoms with van der Waals surface area (Å²) in [5, 5.41) is 0. The highest BCUT2D eigenvalue weighted by Gasteiger charge is 2.18. The van der Waals surface area contributed by atoms with Gasteiger partial charge in [0.05, 0.1) is 7.11 Å². The molecule has 0 aliphatic heterocycles. The van der Waals surface area contributed by atoms with Gasteiger partial charge in [0.25, 0.3) is 0 Å². The van der Waals surface area contributed by atoms with Gasteiger partial charge in [-0.2, -0.15) is 0 Å². The molecule has 0 bridgehead atoms. The van der Waals surface area contributed by atoms with Gasteiger partial charge < -0.3 is 10.5 Å². The Labute approximate surface area is 153 Å². The molecule has 3 rings (SSSR count). The SMILES string of the molecule is COc1cccc([C@H](C)c2cc(-c3ccncc3C)ccc2C(N)=O)c1. The van der Waals surface area contributed by atoms with Gasteiger partial charge in [-0.3, -0.25) is 9.78 Å². The van der Waals surface area contributed by atoms with Crippen molar-refractivity contribution in [2.45, 2.75) is 19.8 Å². The first-order valence-corrected chi connectivity index (χ1v) is 8.50. The number of aryl methyl sites for hydroxylation is 1. The number of primary amides is 1. The minimum Gasteiger partial charge on any atom is -0.497 e. The number of methoxy groups -OCH3 is 1. The molecule has 0 radical (unpaired) electrons. The number of nitrogens with zero attached hydrogens (tertiary/aromatic N) is 1. The van der Waals surface area contributed by atoms with E-state index in [1.807, 2.05) is 61.7 Å². The van der Waals surface area contributed by atoms with Gasteiger partial charge in [0.2, 0.25) is 5.91 Å². The third-order valence-electron chi connectivity index (χ3n) is 4.71. The van der Waals surface area contributed by atoms with E-state index in [0.717, 1.165) is 33.6 Å². The van der Waals surface area contributed by atoms with Crippen LogP contribution in [0.25, 0.3) is 11.1 Å². The van der Waals surface area contributed by atoms with E-state index in [1.54, 1.807) is 13.3 Å². The van der Waals surface area contributed by atoms with Gasteiger partial charge >= 0.3 is 0 Å². The molecule has 132 valence electrons. The lowest BCUT2D eigenvalue weighted by Crippen LogP contribution is -2.15. The molecule has 0 aliphatic rings. The maximum Gasteiger partial charge on any atom is 0.248 e. The summed E-state index contributed by atoms with van der Waals surface area (Å²) in [5.74, 6) is 0.360. The third-order valence-corrected chi connectivity index (χ3v) is 4.71. The highest BCUT2D eigenvalue weighted by atomic mass is 16.5. The summed E-state index contributed by atoms with van der Waals surface area (Å²) in [6, 6.07) is 15.6. The van der Waals surface area contributed by atoms with Crippen molar-refractivity contribution in [2.24, 2.45) is 5.73 Å². The maximum absolute atomic E-state index is 12.0. The topological polar surface area (TPSA) is 65.2 Å². The van der Waals surface area contributed by atoms with Crippen molar-refractivity contribution in [3.05, 3.63) is 83.2 Å². The minimum atomic E-state index is -0.423. The molecule has 0 unspecified atom stereocenters. The molecule has 3 aromatic rings. The smallest absolute Gasteiger partial charge is 0.248 e. The maximum atomic E-state index is 12.0. The Kier molecular flexibility index (Phi) is 5.03. The average molecular weight is 346 g/mol. The highest BCUT2D eigenvalue weighted by molar-refractivity contribution is 5.95. The second-order valence-corrected chi connectivity index (χ2v) is 6.36. The predicted octanol–water partition coefficient (Wildman–Crippen LogP) is 4.32. The number of amides is 1. The lowest BCUT2D eigenvalue weighted by Gasteiger charge is -2.18. The molecule has 1 aromatic heterocycles. The Morgan fingerprint density at radius 2 is 1.96 bits per heavy atom.